The van der Waals surface area contributed by atoms with Gasteiger partial charge in [-0.05, 0) is 0 Å². The molecular weight excluding hydrogens is 823 g/mol. The Labute approximate surface area is 355 Å². The van der Waals surface area contributed by atoms with Crippen LogP contribution in [0.5, 0.6) is 0 Å². The van der Waals surface area contributed by atoms with Gasteiger partial charge in [-0.1, -0.05) is 0 Å². The van der Waals surface area contributed by atoms with E-state index >= 15 is 0 Å². The fourth-order valence-corrected chi connectivity index (χ4v) is 27.7. The van der Waals surface area contributed by atoms with Crippen LogP contribution in [0.3, 0.4) is 0 Å². The predicted molar refractivity (Wildman–Crippen MR) is 251 cm³/mol. The summed E-state index contributed by atoms with van der Waals surface area (Å²) in [5.74, 6) is 0. The molecule has 0 saturated carbocycles. The van der Waals surface area contributed by atoms with Crippen molar-refractivity contribution in [1.82, 2.24) is 0 Å². The van der Waals surface area contributed by atoms with E-state index in [0.717, 1.165) is 12.8 Å². The number of hydrogen-bond donors (Lipinski definition) is 0. The van der Waals surface area contributed by atoms with Gasteiger partial charge >= 0.3 is 358 Å². The van der Waals surface area contributed by atoms with Gasteiger partial charge in [0, 0.05) is 0 Å². The molecule has 8 rings (SSSR count). The van der Waals surface area contributed by atoms with E-state index in [2.05, 4.69) is 213 Å². The Morgan fingerprint density at radius 3 is 1.24 bits per heavy atom. The Bertz CT molecular complexity index is 2450. The summed E-state index contributed by atoms with van der Waals surface area (Å²) in [6.45, 7) is 18.4. The van der Waals surface area contributed by atoms with E-state index in [1.54, 1.807) is 0 Å². The monoisotopic (exact) mass is 876 g/mol. The summed E-state index contributed by atoms with van der Waals surface area (Å²) >= 11 is -5.50. The van der Waals surface area contributed by atoms with Crippen LogP contribution in [0.1, 0.15) is 89.7 Å². The Kier molecular flexibility index (Phi) is 10.8. The molecule has 294 valence electrons. The molecule has 0 fully saturated rings. The number of aryl methyl sites for hydroxylation is 2. The van der Waals surface area contributed by atoms with Gasteiger partial charge in [-0.25, -0.2) is 0 Å². The molecule has 0 saturated heterocycles. The van der Waals surface area contributed by atoms with Gasteiger partial charge < -0.3 is 0 Å². The van der Waals surface area contributed by atoms with Gasteiger partial charge in [0.1, 0.15) is 0 Å². The molecule has 0 heterocycles. The Morgan fingerprint density at radius 2 is 0.879 bits per heavy atom. The SMILES string of the molecule is Cc1ccc(-c2cc3c(cc2C(C)(C)C)-c2cc(C(C)(C)C)c(-c4ccc(C)cc4)cc2[CH]3[Zr]([Cl])([Cl])(=[C](Cc2ccccc2)Cc2ccccc2)[CH]2C=CC=C2)cc1. The molecule has 0 atom stereocenters. The number of hydrogen-bond acceptors (Lipinski definition) is 0. The van der Waals surface area contributed by atoms with Crippen LogP contribution in [0.25, 0.3) is 33.4 Å². The van der Waals surface area contributed by atoms with E-state index in [9.17, 15) is 0 Å². The van der Waals surface area contributed by atoms with Crippen molar-refractivity contribution in [3.63, 3.8) is 0 Å². The molecular formula is C55H56Cl2Zr. The van der Waals surface area contributed by atoms with Crippen LogP contribution in [0.4, 0.5) is 0 Å². The van der Waals surface area contributed by atoms with Crippen molar-refractivity contribution in [2.75, 3.05) is 0 Å². The standard InChI is InChI=1S/C35H37.C15H14.C5H5.2ClH.Zr/c1-22-9-13-24(14-10-22)30-18-26-17-27-19-31(25-15-11-23(2)12-16-25)33(35(6,7)8)21-29(27)28(26)20-32(30)34(3,4)5;1-3-8-14(9-4-1)12-7-13-15-10-5-2-6-11-15;1-2-4-5-3-1;;;/h9-21H,1-8H3;1-6,8-11H,12-13H2;1-5H;2*1H;/q;;;;;+2/p-2. The Morgan fingerprint density at radius 1 is 0.500 bits per heavy atom. The van der Waals surface area contributed by atoms with Gasteiger partial charge in [-0.3, -0.25) is 0 Å². The van der Waals surface area contributed by atoms with Crippen molar-refractivity contribution in [2.24, 2.45) is 0 Å². The quantitative estimate of drug-likeness (QED) is 0.143. The summed E-state index contributed by atoms with van der Waals surface area (Å²) in [6.07, 6.45) is 10.4. The fraction of sp³-hybridized carbons (Fsp3) is 0.255. The fourth-order valence-electron chi connectivity index (χ4n) is 9.60. The number of halogens is 2. The van der Waals surface area contributed by atoms with Crippen LogP contribution >= 0.6 is 17.0 Å². The maximum atomic E-state index is 9.06. The van der Waals surface area contributed by atoms with Gasteiger partial charge in [0.25, 0.3) is 0 Å². The number of allylic oxidation sites excluding steroid dienone is 4. The summed E-state index contributed by atoms with van der Waals surface area (Å²) in [5.41, 5.74) is 17.5. The predicted octanol–water partition coefficient (Wildman–Crippen LogP) is 15.9. The zero-order valence-electron chi connectivity index (χ0n) is 35.3. The van der Waals surface area contributed by atoms with Crippen LogP contribution < -0.4 is 0 Å². The molecule has 6 aromatic carbocycles. The Balaban J connectivity index is 1.55. The van der Waals surface area contributed by atoms with Gasteiger partial charge in [0.2, 0.25) is 0 Å². The summed E-state index contributed by atoms with van der Waals surface area (Å²) in [4.78, 5) is 0. The van der Waals surface area contributed by atoms with E-state index in [1.807, 2.05) is 0 Å². The van der Waals surface area contributed by atoms with Gasteiger partial charge in [-0.15, -0.1) is 0 Å². The third-order valence-electron chi connectivity index (χ3n) is 12.7. The van der Waals surface area contributed by atoms with Crippen LogP contribution in [0, 0.1) is 13.8 Å². The summed E-state index contributed by atoms with van der Waals surface area (Å²) in [7, 11) is 18.1. The third kappa shape index (κ3) is 7.46. The zero-order valence-corrected chi connectivity index (χ0v) is 39.3. The van der Waals surface area contributed by atoms with Crippen molar-refractivity contribution in [3.8, 4) is 33.4 Å². The van der Waals surface area contributed by atoms with E-state index in [1.165, 1.54) is 81.1 Å². The minimum atomic E-state index is -5.50. The number of fused-ring (bicyclic) bond motifs is 3. The minimum absolute atomic E-state index is 0.0915. The van der Waals surface area contributed by atoms with E-state index in [4.69, 9.17) is 17.0 Å². The van der Waals surface area contributed by atoms with Crippen molar-refractivity contribution >= 4 is 20.2 Å². The summed E-state index contributed by atoms with van der Waals surface area (Å²) < 4.78 is 0.998. The summed E-state index contributed by atoms with van der Waals surface area (Å²) in [5, 5.41) is 0. The third-order valence-corrected chi connectivity index (χ3v) is 33.7. The molecule has 0 bridgehead atoms. The average Bonchev–Trinajstić information content (AvgIpc) is 3.86. The van der Waals surface area contributed by atoms with E-state index in [-0.39, 0.29) is 18.1 Å². The van der Waals surface area contributed by atoms with Crippen LogP contribution in [0.2, 0.25) is 3.63 Å². The first-order valence-corrected chi connectivity index (χ1v) is 31.3. The molecule has 3 heteroatoms. The molecule has 0 spiro atoms. The van der Waals surface area contributed by atoms with Gasteiger partial charge in [0.05, 0.1) is 0 Å². The topological polar surface area (TPSA) is 0 Å². The second-order valence-electron chi connectivity index (χ2n) is 19.0. The second kappa shape index (κ2) is 15.3. The molecule has 0 aliphatic heterocycles. The first-order valence-electron chi connectivity index (χ1n) is 20.9. The van der Waals surface area contributed by atoms with Gasteiger partial charge in [0.15, 0.2) is 0 Å². The second-order valence-corrected chi connectivity index (χ2v) is 40.3. The molecule has 0 radical (unpaired) electrons. The Hall–Kier alpha value is -3.87. The number of rotatable bonds is 8. The molecule has 2 aliphatic carbocycles. The molecule has 6 aromatic rings. The van der Waals surface area contributed by atoms with Crippen molar-refractivity contribution < 1.29 is 15.9 Å². The van der Waals surface area contributed by atoms with Crippen LogP contribution in [0.15, 0.2) is 158 Å². The van der Waals surface area contributed by atoms with Crippen LogP contribution in [-0.4, -0.2) is 3.21 Å². The molecule has 0 aromatic heterocycles. The molecule has 0 unspecified atom stereocenters. The normalized spacial score (nSPS) is 14.5. The van der Waals surface area contributed by atoms with Crippen molar-refractivity contribution in [2.45, 2.75) is 86.3 Å². The summed E-state index contributed by atoms with van der Waals surface area (Å²) in [6, 6.07) is 49.8. The van der Waals surface area contributed by atoms with Crippen molar-refractivity contribution in [3.05, 3.63) is 202 Å². The number of benzene rings is 6. The average molecular weight is 879 g/mol. The van der Waals surface area contributed by atoms with Gasteiger partial charge in [-0.2, -0.15) is 0 Å². The zero-order chi connectivity index (χ0) is 41.1. The van der Waals surface area contributed by atoms with E-state index in [0.29, 0.717) is 0 Å². The van der Waals surface area contributed by atoms with Crippen molar-refractivity contribution in [1.29, 1.82) is 0 Å². The molecule has 0 nitrogen and oxygen atoms in total. The maximum absolute atomic E-state index is 9.06. The molecule has 0 N–H and O–H groups in total. The molecule has 58 heavy (non-hydrogen) atoms. The molecule has 2 aliphatic rings. The van der Waals surface area contributed by atoms with Crippen LogP contribution in [-0.2, 0) is 39.6 Å². The van der Waals surface area contributed by atoms with E-state index < -0.39 is 15.9 Å². The first kappa shape index (κ1) is 40.9. The molecule has 0 amide bonds. The first-order chi connectivity index (χ1) is 27.5.